The van der Waals surface area contributed by atoms with E-state index in [9.17, 15) is 5.11 Å². The molecule has 2 heterocycles. The second-order valence-electron chi connectivity index (χ2n) is 6.37. The lowest BCUT2D eigenvalue weighted by Crippen LogP contribution is -2.19. The number of hydrogen-bond donors (Lipinski definition) is 3. The number of hydrogen-bond acceptors (Lipinski definition) is 7. The molecule has 0 aromatic carbocycles. The van der Waals surface area contributed by atoms with Crippen LogP contribution in [0.25, 0.3) is 0 Å². The predicted molar refractivity (Wildman–Crippen MR) is 105 cm³/mol. The van der Waals surface area contributed by atoms with Gasteiger partial charge in [0.05, 0.1) is 6.61 Å². The lowest BCUT2D eigenvalue weighted by Gasteiger charge is -2.15. The first-order valence-electron chi connectivity index (χ1n) is 8.90. The van der Waals surface area contributed by atoms with Gasteiger partial charge in [-0.1, -0.05) is 23.4 Å². The highest BCUT2D eigenvalue weighted by Gasteiger charge is 2.25. The van der Waals surface area contributed by atoms with Crippen LogP contribution in [-0.2, 0) is 0 Å². The van der Waals surface area contributed by atoms with Gasteiger partial charge >= 0.3 is 0 Å². The second-order valence-corrected chi connectivity index (χ2v) is 6.73. The third-order valence-corrected chi connectivity index (χ3v) is 4.66. The van der Waals surface area contributed by atoms with Gasteiger partial charge < -0.3 is 20.9 Å². The van der Waals surface area contributed by atoms with Crippen molar-refractivity contribution in [1.82, 2.24) is 15.0 Å². The molecule has 1 aliphatic rings. The number of aromatic nitrogens is 3. The molecule has 0 spiro atoms. The van der Waals surface area contributed by atoms with Gasteiger partial charge in [0, 0.05) is 30.5 Å². The highest BCUT2D eigenvalue weighted by atomic mass is 35.5. The van der Waals surface area contributed by atoms with Gasteiger partial charge in [-0.3, -0.25) is 0 Å². The molecule has 142 valence electrons. The van der Waals surface area contributed by atoms with E-state index in [-0.39, 0.29) is 23.8 Å². The van der Waals surface area contributed by atoms with Gasteiger partial charge in [0.15, 0.2) is 5.15 Å². The average Bonchev–Trinajstić information content (AvgIpc) is 3.10. The van der Waals surface area contributed by atoms with Gasteiger partial charge in [0.1, 0.15) is 11.4 Å². The summed E-state index contributed by atoms with van der Waals surface area (Å²) < 4.78 is 5.33. The monoisotopic (exact) mass is 387 g/mol. The van der Waals surface area contributed by atoms with Crippen LogP contribution in [0.2, 0.25) is 5.15 Å². The van der Waals surface area contributed by atoms with E-state index in [1.165, 1.54) is 0 Å². The van der Waals surface area contributed by atoms with E-state index in [0.29, 0.717) is 29.8 Å². The Labute approximate surface area is 163 Å². The number of anilines is 2. The van der Waals surface area contributed by atoms with Crippen LogP contribution >= 0.6 is 11.6 Å². The minimum absolute atomic E-state index is 0.0903. The number of aliphatic hydroxyl groups excluding tert-OH is 1. The highest BCUT2D eigenvalue weighted by Crippen LogP contribution is 2.29. The van der Waals surface area contributed by atoms with Crippen molar-refractivity contribution in [3.8, 4) is 17.7 Å². The van der Waals surface area contributed by atoms with Gasteiger partial charge in [0.25, 0.3) is 0 Å². The standard InChI is InChI=1S/C19H22ClN5O2/c1-2-27-16-8-5-12(10-22-16)4-7-15-17(20)24-19(21)25-18(15)23-14-6-3-13(9-14)11-26/h5,8,10,13-14,26H,2-3,6,9,11H2,1H3,(H3,21,23,24,25). The van der Waals surface area contributed by atoms with Crippen molar-refractivity contribution in [2.24, 2.45) is 5.92 Å². The molecule has 0 bridgehead atoms. The fourth-order valence-corrected chi connectivity index (χ4v) is 3.28. The number of aliphatic hydroxyl groups is 1. The number of nitrogen functional groups attached to an aromatic ring is 1. The van der Waals surface area contributed by atoms with Crippen LogP contribution in [0.15, 0.2) is 18.3 Å². The SMILES string of the molecule is CCOc1ccc(C#Cc2c(Cl)nc(N)nc2NC2CCC(CO)C2)cn1. The zero-order chi connectivity index (χ0) is 19.2. The normalized spacial score (nSPS) is 18.6. The smallest absolute Gasteiger partial charge is 0.223 e. The second kappa shape index (κ2) is 8.89. The van der Waals surface area contributed by atoms with Crippen molar-refractivity contribution in [3.63, 3.8) is 0 Å². The van der Waals surface area contributed by atoms with Crippen LogP contribution in [0, 0.1) is 17.8 Å². The summed E-state index contributed by atoms with van der Waals surface area (Å²) in [6.45, 7) is 2.66. The molecular weight excluding hydrogens is 366 g/mol. The third-order valence-electron chi connectivity index (χ3n) is 4.38. The van der Waals surface area contributed by atoms with Gasteiger partial charge in [0.2, 0.25) is 11.8 Å². The van der Waals surface area contributed by atoms with Crippen LogP contribution in [0.4, 0.5) is 11.8 Å². The highest BCUT2D eigenvalue weighted by molar-refractivity contribution is 6.31. The van der Waals surface area contributed by atoms with Crippen molar-refractivity contribution in [1.29, 1.82) is 0 Å². The first-order valence-corrected chi connectivity index (χ1v) is 9.28. The van der Waals surface area contributed by atoms with E-state index >= 15 is 0 Å². The summed E-state index contributed by atoms with van der Waals surface area (Å²) in [7, 11) is 0. The maximum Gasteiger partial charge on any atom is 0.223 e. The molecule has 7 nitrogen and oxygen atoms in total. The summed E-state index contributed by atoms with van der Waals surface area (Å²) in [6, 6.07) is 3.79. The summed E-state index contributed by atoms with van der Waals surface area (Å²) in [5, 5.41) is 12.9. The van der Waals surface area contributed by atoms with Crippen molar-refractivity contribution >= 4 is 23.4 Å². The summed E-state index contributed by atoms with van der Waals surface area (Å²) in [5.41, 5.74) is 6.96. The minimum atomic E-state index is 0.0903. The molecule has 1 saturated carbocycles. The lowest BCUT2D eigenvalue weighted by molar-refractivity contribution is 0.229. The van der Waals surface area contributed by atoms with Crippen molar-refractivity contribution in [2.45, 2.75) is 32.2 Å². The summed E-state index contributed by atoms with van der Waals surface area (Å²) in [5.74, 6) is 7.51. The van der Waals surface area contributed by atoms with E-state index in [1.807, 2.05) is 13.0 Å². The molecule has 2 atom stereocenters. The number of pyridine rings is 1. The Morgan fingerprint density at radius 1 is 1.33 bits per heavy atom. The summed E-state index contributed by atoms with van der Waals surface area (Å²) in [4.78, 5) is 12.5. The number of nitrogens with one attached hydrogen (secondary N) is 1. The molecule has 8 heteroatoms. The first kappa shape index (κ1) is 19.2. The molecule has 0 aliphatic heterocycles. The van der Waals surface area contributed by atoms with Crippen molar-refractivity contribution in [2.75, 3.05) is 24.3 Å². The van der Waals surface area contributed by atoms with Crippen molar-refractivity contribution < 1.29 is 9.84 Å². The molecule has 0 saturated heterocycles. The predicted octanol–water partition coefficient (Wildman–Crippen LogP) is 2.48. The molecule has 2 aromatic heterocycles. The number of nitrogens with zero attached hydrogens (tertiary/aromatic N) is 3. The van der Waals surface area contributed by atoms with Crippen LogP contribution in [-0.4, -0.2) is 39.3 Å². The van der Waals surface area contributed by atoms with E-state index < -0.39 is 0 Å². The number of rotatable bonds is 5. The quantitative estimate of drug-likeness (QED) is 0.534. The summed E-state index contributed by atoms with van der Waals surface area (Å²) in [6.07, 6.45) is 4.43. The summed E-state index contributed by atoms with van der Waals surface area (Å²) >= 11 is 6.26. The van der Waals surface area contributed by atoms with Crippen molar-refractivity contribution in [3.05, 3.63) is 34.6 Å². The Morgan fingerprint density at radius 2 is 2.19 bits per heavy atom. The number of nitrogens with two attached hydrogens (primary N) is 1. The Bertz CT molecular complexity index is 848. The lowest BCUT2D eigenvalue weighted by atomic mass is 10.1. The third kappa shape index (κ3) is 5.00. The fraction of sp³-hybridized carbons (Fsp3) is 0.421. The molecule has 3 rings (SSSR count). The average molecular weight is 388 g/mol. The molecule has 4 N–H and O–H groups in total. The van der Waals surface area contributed by atoms with Gasteiger partial charge in [-0.15, -0.1) is 0 Å². The van der Waals surface area contributed by atoms with Gasteiger partial charge in [-0.2, -0.15) is 9.97 Å². The Balaban J connectivity index is 1.82. The van der Waals surface area contributed by atoms with Crippen LogP contribution < -0.4 is 15.8 Å². The van der Waals surface area contributed by atoms with E-state index in [0.717, 1.165) is 24.8 Å². The van der Waals surface area contributed by atoms with Gasteiger partial charge in [-0.25, -0.2) is 4.98 Å². The largest absolute Gasteiger partial charge is 0.478 e. The van der Waals surface area contributed by atoms with Gasteiger partial charge in [-0.05, 0) is 38.2 Å². The van der Waals surface area contributed by atoms with E-state index in [4.69, 9.17) is 22.1 Å². The maximum absolute atomic E-state index is 9.32. The Morgan fingerprint density at radius 3 is 2.85 bits per heavy atom. The van der Waals surface area contributed by atoms with E-state index in [1.54, 1.807) is 12.3 Å². The maximum atomic E-state index is 9.32. The molecule has 1 aliphatic carbocycles. The molecule has 27 heavy (non-hydrogen) atoms. The topological polar surface area (TPSA) is 106 Å². The van der Waals surface area contributed by atoms with Crippen LogP contribution in [0.1, 0.15) is 37.3 Å². The first-order chi connectivity index (χ1) is 13.1. The molecule has 2 aromatic rings. The molecular formula is C19H22ClN5O2. The van der Waals surface area contributed by atoms with E-state index in [2.05, 4.69) is 32.1 Å². The van der Waals surface area contributed by atoms with Crippen LogP contribution in [0.3, 0.4) is 0 Å². The molecule has 0 radical (unpaired) electrons. The number of halogens is 1. The zero-order valence-corrected chi connectivity index (χ0v) is 15.8. The Kier molecular flexibility index (Phi) is 6.32. The minimum Gasteiger partial charge on any atom is -0.478 e. The molecule has 2 unspecified atom stereocenters. The Hall–Kier alpha value is -2.56. The zero-order valence-electron chi connectivity index (χ0n) is 15.1. The molecule has 1 fully saturated rings. The van der Waals surface area contributed by atoms with Crippen LogP contribution in [0.5, 0.6) is 5.88 Å². The molecule has 0 amide bonds. The fourth-order valence-electron chi connectivity index (χ4n) is 3.05. The number of ether oxygens (including phenoxy) is 1.